The monoisotopic (exact) mass is 313 g/mol. The van der Waals surface area contributed by atoms with Crippen molar-refractivity contribution in [3.05, 3.63) is 28.0 Å². The maximum absolute atomic E-state index is 14.3. The second-order valence-corrected chi connectivity index (χ2v) is 5.83. The minimum atomic E-state index is -0.330. The van der Waals surface area contributed by atoms with Crippen LogP contribution in [-0.4, -0.2) is 18.9 Å². The molecule has 2 rings (SSSR count). The predicted molar refractivity (Wildman–Crippen MR) is 75.7 cm³/mol. The van der Waals surface area contributed by atoms with E-state index in [4.69, 9.17) is 11.1 Å². The Kier molecular flexibility index (Phi) is 3.61. The van der Waals surface area contributed by atoms with E-state index in [0.29, 0.717) is 23.1 Å². The molecule has 0 aromatic heterocycles. The zero-order chi connectivity index (χ0) is 13.4. The quantitative estimate of drug-likeness (QED) is 0.651. The number of benzene rings is 1. The van der Waals surface area contributed by atoms with Crippen molar-refractivity contribution in [2.75, 3.05) is 18.0 Å². The number of hydrogen-bond donors (Lipinski definition) is 2. The molecule has 1 aromatic carbocycles. The zero-order valence-corrected chi connectivity index (χ0v) is 12.1. The van der Waals surface area contributed by atoms with E-state index in [1.807, 2.05) is 0 Å². The number of rotatable bonds is 2. The maximum Gasteiger partial charge on any atom is 0.161 e. The van der Waals surface area contributed by atoms with Gasteiger partial charge in [0.1, 0.15) is 5.84 Å². The minimum absolute atomic E-state index is 0.129. The largest absolute Gasteiger partial charge is 0.384 e. The molecule has 1 aliphatic rings. The summed E-state index contributed by atoms with van der Waals surface area (Å²) < 4.78 is 14.6. The third-order valence-corrected chi connectivity index (χ3v) is 4.46. The first-order valence-corrected chi connectivity index (χ1v) is 6.78. The Morgan fingerprint density at radius 1 is 1.39 bits per heavy atom. The van der Waals surface area contributed by atoms with Gasteiger partial charge in [-0.05, 0) is 39.9 Å². The highest BCUT2D eigenvalue weighted by atomic mass is 79.9. The third-order valence-electron chi connectivity index (χ3n) is 3.68. The molecular formula is C13H17BrFN3. The van der Waals surface area contributed by atoms with E-state index in [1.54, 1.807) is 12.1 Å². The van der Waals surface area contributed by atoms with Crippen LogP contribution < -0.4 is 10.6 Å². The molecule has 1 saturated heterocycles. The van der Waals surface area contributed by atoms with E-state index in [9.17, 15) is 4.39 Å². The summed E-state index contributed by atoms with van der Waals surface area (Å²) in [6.07, 6.45) is 0. The van der Waals surface area contributed by atoms with Gasteiger partial charge in [0.2, 0.25) is 0 Å². The molecule has 1 aliphatic heterocycles. The van der Waals surface area contributed by atoms with Crippen LogP contribution in [-0.2, 0) is 0 Å². The SMILES string of the molecule is CC1CN(c2ccc(C(=N)N)c(Br)c2F)CC1C. The van der Waals surface area contributed by atoms with E-state index in [1.165, 1.54) is 0 Å². The molecule has 98 valence electrons. The smallest absolute Gasteiger partial charge is 0.161 e. The van der Waals surface area contributed by atoms with Gasteiger partial charge >= 0.3 is 0 Å². The molecule has 0 spiro atoms. The third kappa shape index (κ3) is 2.23. The van der Waals surface area contributed by atoms with Crippen molar-refractivity contribution >= 4 is 27.5 Å². The second kappa shape index (κ2) is 4.88. The number of anilines is 1. The lowest BCUT2D eigenvalue weighted by Crippen LogP contribution is -2.22. The van der Waals surface area contributed by atoms with Gasteiger partial charge in [0, 0.05) is 18.7 Å². The lowest BCUT2D eigenvalue weighted by Gasteiger charge is -2.20. The first-order valence-electron chi connectivity index (χ1n) is 5.99. The van der Waals surface area contributed by atoms with Gasteiger partial charge in [-0.3, -0.25) is 5.41 Å². The van der Waals surface area contributed by atoms with Crippen molar-refractivity contribution in [1.82, 2.24) is 0 Å². The van der Waals surface area contributed by atoms with Gasteiger partial charge in [-0.1, -0.05) is 13.8 Å². The van der Waals surface area contributed by atoms with Crippen LogP contribution >= 0.6 is 15.9 Å². The van der Waals surface area contributed by atoms with Gasteiger partial charge in [-0.15, -0.1) is 0 Å². The standard InChI is InChI=1S/C13H17BrFN3/c1-7-5-18(6-8(7)2)10-4-3-9(13(16)17)11(14)12(10)15/h3-4,7-8H,5-6H2,1-2H3,(H3,16,17). The van der Waals surface area contributed by atoms with Crippen molar-refractivity contribution in [2.45, 2.75) is 13.8 Å². The van der Waals surface area contributed by atoms with Crippen LogP contribution in [0.1, 0.15) is 19.4 Å². The van der Waals surface area contributed by atoms with Gasteiger partial charge in [0.25, 0.3) is 0 Å². The minimum Gasteiger partial charge on any atom is -0.384 e. The Labute approximate surface area is 115 Å². The summed E-state index contributed by atoms with van der Waals surface area (Å²) in [5, 5.41) is 7.38. The summed E-state index contributed by atoms with van der Waals surface area (Å²) >= 11 is 3.19. The summed E-state index contributed by atoms with van der Waals surface area (Å²) in [6.45, 7) is 6.09. The Morgan fingerprint density at radius 3 is 2.44 bits per heavy atom. The highest BCUT2D eigenvalue weighted by Crippen LogP contribution is 2.33. The lowest BCUT2D eigenvalue weighted by atomic mass is 10.0. The van der Waals surface area contributed by atoms with Crippen LogP contribution in [0.2, 0.25) is 0 Å². The molecule has 2 atom stereocenters. The average Bonchev–Trinajstić information content (AvgIpc) is 2.62. The van der Waals surface area contributed by atoms with Crippen molar-refractivity contribution in [2.24, 2.45) is 17.6 Å². The van der Waals surface area contributed by atoms with Gasteiger partial charge in [0.15, 0.2) is 5.82 Å². The van der Waals surface area contributed by atoms with Crippen LogP contribution in [0.25, 0.3) is 0 Å². The topological polar surface area (TPSA) is 53.1 Å². The predicted octanol–water partition coefficient (Wildman–Crippen LogP) is 2.96. The van der Waals surface area contributed by atoms with Crippen molar-refractivity contribution < 1.29 is 4.39 Å². The summed E-state index contributed by atoms with van der Waals surface area (Å²) in [7, 11) is 0. The zero-order valence-electron chi connectivity index (χ0n) is 10.5. The number of nitrogen functional groups attached to an aromatic ring is 1. The summed E-state index contributed by atoms with van der Waals surface area (Å²) in [6, 6.07) is 3.40. The van der Waals surface area contributed by atoms with Crippen molar-refractivity contribution in [3.8, 4) is 0 Å². The molecule has 1 fully saturated rings. The maximum atomic E-state index is 14.3. The van der Waals surface area contributed by atoms with E-state index in [0.717, 1.165) is 13.1 Å². The normalized spacial score (nSPS) is 23.4. The molecule has 2 unspecified atom stereocenters. The first kappa shape index (κ1) is 13.3. The van der Waals surface area contributed by atoms with Crippen LogP contribution in [0.4, 0.5) is 10.1 Å². The molecule has 3 N–H and O–H groups in total. The first-order chi connectivity index (χ1) is 8.41. The molecule has 0 aliphatic carbocycles. The fourth-order valence-electron chi connectivity index (χ4n) is 2.32. The van der Waals surface area contributed by atoms with Crippen LogP contribution in [0.5, 0.6) is 0 Å². The van der Waals surface area contributed by atoms with Crippen LogP contribution in [0, 0.1) is 23.1 Å². The van der Waals surface area contributed by atoms with Gasteiger partial charge < -0.3 is 10.6 Å². The van der Waals surface area contributed by atoms with E-state index in [2.05, 4.69) is 34.7 Å². The fourth-order valence-corrected chi connectivity index (χ4v) is 2.87. The number of nitrogens with zero attached hydrogens (tertiary/aromatic N) is 1. The highest BCUT2D eigenvalue weighted by Gasteiger charge is 2.28. The molecule has 1 aromatic rings. The highest BCUT2D eigenvalue weighted by molar-refractivity contribution is 9.10. The molecule has 1 heterocycles. The lowest BCUT2D eigenvalue weighted by molar-refractivity contribution is 0.494. The molecule has 0 amide bonds. The molecule has 0 radical (unpaired) electrons. The Bertz CT molecular complexity index is 479. The number of nitrogens with one attached hydrogen (secondary N) is 1. The Hall–Kier alpha value is -1.10. The number of halogens is 2. The van der Waals surface area contributed by atoms with E-state index < -0.39 is 0 Å². The summed E-state index contributed by atoms with van der Waals surface area (Å²) in [4.78, 5) is 2.05. The van der Waals surface area contributed by atoms with E-state index >= 15 is 0 Å². The van der Waals surface area contributed by atoms with Gasteiger partial charge in [-0.2, -0.15) is 0 Å². The van der Waals surface area contributed by atoms with E-state index in [-0.39, 0.29) is 16.1 Å². The number of nitrogens with two attached hydrogens (primary N) is 1. The summed E-state index contributed by atoms with van der Waals surface area (Å²) in [5.74, 6) is 0.672. The number of amidine groups is 1. The fraction of sp³-hybridized carbons (Fsp3) is 0.462. The average molecular weight is 314 g/mol. The van der Waals surface area contributed by atoms with Gasteiger partial charge in [-0.25, -0.2) is 4.39 Å². The summed E-state index contributed by atoms with van der Waals surface area (Å²) in [5.41, 5.74) is 6.39. The molecule has 5 heteroatoms. The Balaban J connectivity index is 2.36. The number of hydrogen-bond acceptors (Lipinski definition) is 2. The van der Waals surface area contributed by atoms with Crippen molar-refractivity contribution in [1.29, 1.82) is 5.41 Å². The van der Waals surface area contributed by atoms with Gasteiger partial charge in [0.05, 0.1) is 10.2 Å². The van der Waals surface area contributed by atoms with Crippen LogP contribution in [0.15, 0.2) is 16.6 Å². The molecule has 0 saturated carbocycles. The molecule has 3 nitrogen and oxygen atoms in total. The van der Waals surface area contributed by atoms with Crippen LogP contribution in [0.3, 0.4) is 0 Å². The van der Waals surface area contributed by atoms with Crippen molar-refractivity contribution in [3.63, 3.8) is 0 Å². The molecular weight excluding hydrogens is 297 g/mol. The second-order valence-electron chi connectivity index (χ2n) is 5.03. The molecule has 0 bridgehead atoms. The molecule has 18 heavy (non-hydrogen) atoms. The Morgan fingerprint density at radius 2 is 1.94 bits per heavy atom.